The third-order valence-corrected chi connectivity index (χ3v) is 6.13. The summed E-state index contributed by atoms with van der Waals surface area (Å²) in [4.78, 5) is 29.4. The van der Waals surface area contributed by atoms with Gasteiger partial charge in [-0.25, -0.2) is 4.79 Å². The summed E-state index contributed by atoms with van der Waals surface area (Å²) in [7, 11) is 3.42. The lowest BCUT2D eigenvalue weighted by atomic mass is 10.1. The van der Waals surface area contributed by atoms with E-state index >= 15 is 0 Å². The molecule has 2 atom stereocenters. The van der Waals surface area contributed by atoms with Crippen LogP contribution in [0.5, 0.6) is 0 Å². The molecule has 0 saturated carbocycles. The molecule has 0 unspecified atom stereocenters. The van der Waals surface area contributed by atoms with Gasteiger partial charge >= 0.3 is 12.1 Å². The highest BCUT2D eigenvalue weighted by Crippen LogP contribution is 2.27. The lowest BCUT2D eigenvalue weighted by molar-refractivity contribution is -0.146. The van der Waals surface area contributed by atoms with Crippen molar-refractivity contribution in [1.82, 2.24) is 14.4 Å². The van der Waals surface area contributed by atoms with E-state index in [1.807, 2.05) is 39.1 Å². The summed E-state index contributed by atoms with van der Waals surface area (Å²) in [6.07, 6.45) is 1.64. The Morgan fingerprint density at radius 2 is 2.03 bits per heavy atom. The fourth-order valence-corrected chi connectivity index (χ4v) is 4.26. The van der Waals surface area contributed by atoms with E-state index in [1.165, 1.54) is 7.11 Å². The Bertz CT molecular complexity index is 968. The molecule has 1 fully saturated rings. The van der Waals surface area contributed by atoms with Crippen LogP contribution in [0.4, 0.5) is 4.79 Å². The van der Waals surface area contributed by atoms with Crippen molar-refractivity contribution in [2.45, 2.75) is 45.4 Å². The molecule has 1 aromatic carbocycles. The van der Waals surface area contributed by atoms with Gasteiger partial charge in [-0.05, 0) is 38.0 Å². The Morgan fingerprint density at radius 3 is 2.66 bits per heavy atom. The monoisotopic (exact) mass is 439 g/mol. The molecule has 1 saturated heterocycles. The second kappa shape index (κ2) is 10.5. The summed E-state index contributed by atoms with van der Waals surface area (Å²) in [5.41, 5.74) is 4.41. The molecule has 0 aliphatic carbocycles. The minimum atomic E-state index is -0.424. The zero-order chi connectivity index (χ0) is 23.3. The first kappa shape index (κ1) is 23.6. The van der Waals surface area contributed by atoms with E-state index in [9.17, 15) is 9.59 Å². The van der Waals surface area contributed by atoms with Crippen LogP contribution < -0.4 is 0 Å². The molecule has 7 nitrogen and oxygen atoms in total. The molecule has 2 heterocycles. The largest absolute Gasteiger partial charge is 0.468 e. The molecule has 0 radical (unpaired) electrons. The number of hydrogen-bond acceptors (Lipinski definition) is 5. The summed E-state index contributed by atoms with van der Waals surface area (Å²) in [5.74, 6) is -0.284. The Labute approximate surface area is 190 Å². The van der Waals surface area contributed by atoms with Crippen LogP contribution in [0.1, 0.15) is 28.9 Å². The van der Waals surface area contributed by atoms with Crippen LogP contribution >= 0.6 is 0 Å². The van der Waals surface area contributed by atoms with Gasteiger partial charge in [-0.3, -0.25) is 14.6 Å². The number of ether oxygens (including phenoxy) is 2. The van der Waals surface area contributed by atoms with Gasteiger partial charge in [0.15, 0.2) is 0 Å². The number of methoxy groups -OCH3 is 1. The number of nitrogens with zero attached hydrogens (tertiary/aromatic N) is 3. The van der Waals surface area contributed by atoms with E-state index in [4.69, 9.17) is 9.47 Å². The lowest BCUT2D eigenvalue weighted by Gasteiger charge is -2.28. The van der Waals surface area contributed by atoms with E-state index in [0.29, 0.717) is 26.1 Å². The van der Waals surface area contributed by atoms with Crippen molar-refractivity contribution >= 4 is 12.1 Å². The number of carbonyl (C=O) groups excluding carboxylic acids is 2. The SMILES string of the molecule is C=CCOC(=O)N(Cc1cccc(C)c1)[C@H]1C[C@@H](C(=O)OC)N(Cc2ccc(C)n2C)C1. The first-order valence-corrected chi connectivity index (χ1v) is 10.9. The highest BCUT2D eigenvalue weighted by Gasteiger charge is 2.42. The Kier molecular flexibility index (Phi) is 7.75. The standard InChI is InChI=1S/C25H33N3O4/c1-6-12-32-25(30)28(15-20-9-7-8-18(2)13-20)22-14-23(24(29)31-5)27(17-22)16-21-11-10-19(3)26(21)4/h6-11,13,22-23H,1,12,14-17H2,2-5H3/t22-,23-/m0/s1. The van der Waals surface area contributed by atoms with Gasteiger partial charge in [0.25, 0.3) is 0 Å². The summed E-state index contributed by atoms with van der Waals surface area (Å²) in [5, 5.41) is 0. The number of benzene rings is 1. The molecule has 2 aromatic rings. The molecule has 3 rings (SSSR count). The minimum Gasteiger partial charge on any atom is -0.468 e. The Balaban J connectivity index is 1.85. The average Bonchev–Trinajstić information content (AvgIpc) is 3.34. The number of aryl methyl sites for hydroxylation is 2. The molecule has 32 heavy (non-hydrogen) atoms. The lowest BCUT2D eigenvalue weighted by Crippen LogP contribution is -2.42. The number of rotatable bonds is 8. The number of carbonyl (C=O) groups is 2. The highest BCUT2D eigenvalue weighted by atomic mass is 16.6. The Morgan fingerprint density at radius 1 is 1.25 bits per heavy atom. The van der Waals surface area contributed by atoms with Gasteiger partial charge in [0.2, 0.25) is 0 Å². The molecule has 0 bridgehead atoms. The first-order chi connectivity index (χ1) is 15.3. The minimum absolute atomic E-state index is 0.142. The van der Waals surface area contributed by atoms with E-state index < -0.39 is 12.1 Å². The maximum Gasteiger partial charge on any atom is 0.410 e. The number of likely N-dealkylation sites (tertiary alicyclic amines) is 1. The fourth-order valence-electron chi connectivity index (χ4n) is 4.26. The van der Waals surface area contributed by atoms with Gasteiger partial charge in [-0.1, -0.05) is 42.5 Å². The number of esters is 1. The van der Waals surface area contributed by atoms with Crippen LogP contribution in [0.3, 0.4) is 0 Å². The second-order valence-electron chi connectivity index (χ2n) is 8.37. The van der Waals surface area contributed by atoms with Crippen LogP contribution in [-0.4, -0.2) is 58.8 Å². The van der Waals surface area contributed by atoms with Crippen molar-refractivity contribution < 1.29 is 19.1 Å². The third kappa shape index (κ3) is 5.40. The van der Waals surface area contributed by atoms with Crippen molar-refractivity contribution in [3.63, 3.8) is 0 Å². The van der Waals surface area contributed by atoms with Crippen molar-refractivity contribution in [3.05, 3.63) is 71.6 Å². The molecule has 1 aromatic heterocycles. The van der Waals surface area contributed by atoms with Crippen LogP contribution in [-0.2, 0) is 34.4 Å². The summed E-state index contributed by atoms with van der Waals surface area (Å²) in [6.45, 7) is 9.41. The molecule has 172 valence electrons. The van der Waals surface area contributed by atoms with Crippen LogP contribution in [0.15, 0.2) is 49.1 Å². The van der Waals surface area contributed by atoms with Crippen LogP contribution in [0.25, 0.3) is 0 Å². The molecular weight excluding hydrogens is 406 g/mol. The smallest absolute Gasteiger partial charge is 0.410 e. The van der Waals surface area contributed by atoms with Crippen LogP contribution in [0, 0.1) is 13.8 Å². The van der Waals surface area contributed by atoms with E-state index in [1.54, 1.807) is 11.0 Å². The van der Waals surface area contributed by atoms with Gasteiger partial charge in [-0.15, -0.1) is 0 Å². The molecule has 1 aliphatic rings. The van der Waals surface area contributed by atoms with E-state index in [-0.39, 0.29) is 18.6 Å². The zero-order valence-electron chi connectivity index (χ0n) is 19.4. The van der Waals surface area contributed by atoms with Gasteiger partial charge < -0.3 is 14.0 Å². The molecule has 0 N–H and O–H groups in total. The van der Waals surface area contributed by atoms with Crippen molar-refractivity contribution in [2.24, 2.45) is 7.05 Å². The maximum absolute atomic E-state index is 13.0. The van der Waals surface area contributed by atoms with Crippen LogP contribution in [0.2, 0.25) is 0 Å². The van der Waals surface area contributed by atoms with Gasteiger partial charge in [0.05, 0.1) is 13.2 Å². The van der Waals surface area contributed by atoms with Crippen molar-refractivity contribution in [2.75, 3.05) is 20.3 Å². The number of aromatic nitrogens is 1. The summed E-state index contributed by atoms with van der Waals surface area (Å²) in [6, 6.07) is 11.6. The van der Waals surface area contributed by atoms with Gasteiger partial charge in [0, 0.05) is 38.1 Å². The normalized spacial score (nSPS) is 18.4. The topological polar surface area (TPSA) is 64.0 Å². The quantitative estimate of drug-likeness (QED) is 0.465. The fraction of sp³-hybridized carbons (Fsp3) is 0.440. The summed E-state index contributed by atoms with van der Waals surface area (Å²) >= 11 is 0. The Hall–Kier alpha value is -3.06. The molecule has 1 amide bonds. The predicted octanol–water partition coefficient (Wildman–Crippen LogP) is 3.58. The number of amides is 1. The molecule has 0 spiro atoms. The number of hydrogen-bond donors (Lipinski definition) is 0. The maximum atomic E-state index is 13.0. The van der Waals surface area contributed by atoms with Gasteiger partial charge in [0.1, 0.15) is 12.6 Å². The molecular formula is C25H33N3O4. The van der Waals surface area contributed by atoms with Crippen molar-refractivity contribution in [3.8, 4) is 0 Å². The van der Waals surface area contributed by atoms with E-state index in [2.05, 4.69) is 34.2 Å². The first-order valence-electron chi connectivity index (χ1n) is 10.9. The van der Waals surface area contributed by atoms with E-state index in [0.717, 1.165) is 22.5 Å². The average molecular weight is 440 g/mol. The molecule has 7 heteroatoms. The summed E-state index contributed by atoms with van der Waals surface area (Å²) < 4.78 is 12.6. The van der Waals surface area contributed by atoms with Crippen molar-refractivity contribution in [1.29, 1.82) is 0 Å². The highest BCUT2D eigenvalue weighted by molar-refractivity contribution is 5.76. The third-order valence-electron chi connectivity index (χ3n) is 6.13. The van der Waals surface area contributed by atoms with Gasteiger partial charge in [-0.2, -0.15) is 0 Å². The molecule has 1 aliphatic heterocycles. The second-order valence-corrected chi connectivity index (χ2v) is 8.37. The predicted molar refractivity (Wildman–Crippen MR) is 123 cm³/mol. The zero-order valence-corrected chi connectivity index (χ0v) is 19.4.